The second kappa shape index (κ2) is 6.35. The van der Waals surface area contributed by atoms with E-state index in [0.29, 0.717) is 6.10 Å². The van der Waals surface area contributed by atoms with Crippen molar-refractivity contribution in [1.82, 2.24) is 10.3 Å². The molecule has 1 aromatic rings. The minimum Gasteiger partial charge on any atom is -0.378 e. The molecule has 0 spiro atoms. The van der Waals surface area contributed by atoms with Gasteiger partial charge in [0.25, 0.3) is 0 Å². The average Bonchev–Trinajstić information content (AvgIpc) is 3.17. The summed E-state index contributed by atoms with van der Waals surface area (Å²) >= 11 is 1.90. The molecule has 118 valence electrons. The molecule has 0 radical (unpaired) electrons. The van der Waals surface area contributed by atoms with Gasteiger partial charge in [-0.05, 0) is 32.1 Å². The first-order chi connectivity index (χ1) is 10.0. The zero-order chi connectivity index (χ0) is 14.9. The van der Waals surface area contributed by atoms with Gasteiger partial charge < -0.3 is 10.1 Å². The molecular formula is C17H28N2OS. The largest absolute Gasteiger partial charge is 0.378 e. The summed E-state index contributed by atoms with van der Waals surface area (Å²) < 4.78 is 5.88. The minimum atomic E-state index is 0.128. The Morgan fingerprint density at radius 3 is 2.67 bits per heavy atom. The molecule has 1 saturated heterocycles. The van der Waals surface area contributed by atoms with E-state index in [2.05, 4.69) is 26.1 Å². The standard InChI is InChI=1S/C17H28N2OS/c1-17(2,3)16-14(11-18-12-7-8-12)21-15(19-16)10-13-6-4-5-9-20-13/h12-13,18H,4-11H2,1-3H3. The fourth-order valence-electron chi connectivity index (χ4n) is 2.88. The maximum absolute atomic E-state index is 5.88. The fraction of sp³-hybridized carbons (Fsp3) is 0.824. The summed E-state index contributed by atoms with van der Waals surface area (Å²) in [6, 6.07) is 0.755. The van der Waals surface area contributed by atoms with Crippen molar-refractivity contribution in [2.45, 2.75) is 83.4 Å². The van der Waals surface area contributed by atoms with Crippen LogP contribution in [0.2, 0.25) is 0 Å². The summed E-state index contributed by atoms with van der Waals surface area (Å²) in [7, 11) is 0. The molecule has 3 rings (SSSR count). The van der Waals surface area contributed by atoms with Crippen LogP contribution >= 0.6 is 11.3 Å². The lowest BCUT2D eigenvalue weighted by Gasteiger charge is -2.21. The lowest BCUT2D eigenvalue weighted by atomic mass is 9.91. The maximum atomic E-state index is 5.88. The van der Waals surface area contributed by atoms with Crippen LogP contribution < -0.4 is 5.32 Å². The van der Waals surface area contributed by atoms with Crippen molar-refractivity contribution in [1.29, 1.82) is 0 Å². The van der Waals surface area contributed by atoms with Crippen LogP contribution in [0.3, 0.4) is 0 Å². The van der Waals surface area contributed by atoms with Crippen molar-refractivity contribution in [2.24, 2.45) is 0 Å². The van der Waals surface area contributed by atoms with Crippen molar-refractivity contribution in [2.75, 3.05) is 6.61 Å². The lowest BCUT2D eigenvalue weighted by Crippen LogP contribution is -2.21. The molecule has 1 unspecified atom stereocenters. The zero-order valence-electron chi connectivity index (χ0n) is 13.6. The van der Waals surface area contributed by atoms with Gasteiger partial charge in [-0.3, -0.25) is 0 Å². The van der Waals surface area contributed by atoms with E-state index in [4.69, 9.17) is 9.72 Å². The third-order valence-electron chi connectivity index (χ3n) is 4.26. The highest BCUT2D eigenvalue weighted by atomic mass is 32.1. The number of ether oxygens (including phenoxy) is 1. The third kappa shape index (κ3) is 4.27. The number of nitrogens with one attached hydrogen (secondary N) is 1. The molecule has 1 saturated carbocycles. The smallest absolute Gasteiger partial charge is 0.0957 e. The fourth-order valence-corrected chi connectivity index (χ4v) is 4.18. The number of aromatic nitrogens is 1. The maximum Gasteiger partial charge on any atom is 0.0957 e. The molecule has 1 aromatic heterocycles. The van der Waals surface area contributed by atoms with E-state index >= 15 is 0 Å². The molecule has 1 N–H and O–H groups in total. The molecule has 2 heterocycles. The Morgan fingerprint density at radius 2 is 2.05 bits per heavy atom. The van der Waals surface area contributed by atoms with Crippen LogP contribution in [0.5, 0.6) is 0 Å². The van der Waals surface area contributed by atoms with E-state index in [0.717, 1.165) is 25.6 Å². The number of hydrogen-bond donors (Lipinski definition) is 1. The van der Waals surface area contributed by atoms with E-state index in [1.165, 1.54) is 47.7 Å². The van der Waals surface area contributed by atoms with Crippen molar-refractivity contribution in [3.8, 4) is 0 Å². The first kappa shape index (κ1) is 15.4. The number of thiazole rings is 1. The number of hydrogen-bond acceptors (Lipinski definition) is 4. The normalized spacial score (nSPS) is 23.5. The van der Waals surface area contributed by atoms with Crippen LogP contribution in [-0.4, -0.2) is 23.7 Å². The second-order valence-corrected chi connectivity index (χ2v) is 8.65. The van der Waals surface area contributed by atoms with E-state index in [1.54, 1.807) is 0 Å². The summed E-state index contributed by atoms with van der Waals surface area (Å²) in [6.45, 7) is 8.72. The van der Waals surface area contributed by atoms with Gasteiger partial charge in [-0.1, -0.05) is 20.8 Å². The third-order valence-corrected chi connectivity index (χ3v) is 5.33. The topological polar surface area (TPSA) is 34.1 Å². The van der Waals surface area contributed by atoms with Crippen LogP contribution in [0.1, 0.15) is 68.5 Å². The summed E-state index contributed by atoms with van der Waals surface area (Å²) in [5.41, 5.74) is 1.41. The molecule has 21 heavy (non-hydrogen) atoms. The molecule has 2 aliphatic rings. The first-order valence-corrected chi connectivity index (χ1v) is 9.18. The van der Waals surface area contributed by atoms with Crippen molar-refractivity contribution >= 4 is 11.3 Å². The predicted octanol–water partition coefficient (Wildman–Crippen LogP) is 3.80. The van der Waals surface area contributed by atoms with Crippen LogP contribution in [0.15, 0.2) is 0 Å². The quantitative estimate of drug-likeness (QED) is 0.898. The molecule has 0 aromatic carbocycles. The van der Waals surface area contributed by atoms with Gasteiger partial charge in [0.2, 0.25) is 0 Å². The van der Waals surface area contributed by atoms with Gasteiger partial charge in [0.1, 0.15) is 0 Å². The highest BCUT2D eigenvalue weighted by Crippen LogP contribution is 2.32. The number of nitrogens with zero attached hydrogens (tertiary/aromatic N) is 1. The molecule has 4 heteroatoms. The monoisotopic (exact) mass is 308 g/mol. The highest BCUT2D eigenvalue weighted by Gasteiger charge is 2.27. The van der Waals surface area contributed by atoms with E-state index in [-0.39, 0.29) is 5.41 Å². The van der Waals surface area contributed by atoms with Crippen LogP contribution in [-0.2, 0) is 23.1 Å². The molecule has 0 amide bonds. The first-order valence-electron chi connectivity index (χ1n) is 8.36. The molecule has 1 aliphatic heterocycles. The van der Waals surface area contributed by atoms with Gasteiger partial charge in [-0.15, -0.1) is 11.3 Å². The van der Waals surface area contributed by atoms with Gasteiger partial charge >= 0.3 is 0 Å². The Kier molecular flexibility index (Phi) is 4.67. The molecule has 1 aliphatic carbocycles. The van der Waals surface area contributed by atoms with Crippen molar-refractivity contribution in [3.63, 3.8) is 0 Å². The Morgan fingerprint density at radius 1 is 1.24 bits per heavy atom. The van der Waals surface area contributed by atoms with E-state index in [9.17, 15) is 0 Å². The second-order valence-electron chi connectivity index (χ2n) is 7.48. The molecule has 1 atom stereocenters. The summed E-state index contributed by atoms with van der Waals surface area (Å²) in [6.07, 6.45) is 7.79. The minimum absolute atomic E-state index is 0.128. The van der Waals surface area contributed by atoms with Crippen molar-refractivity contribution < 1.29 is 4.74 Å². The molecule has 0 bridgehead atoms. The Balaban J connectivity index is 1.70. The Hall–Kier alpha value is -0.450. The average molecular weight is 308 g/mol. The SMILES string of the molecule is CC(C)(C)c1nc(CC2CCCCO2)sc1CNC1CC1. The van der Waals surface area contributed by atoms with Crippen molar-refractivity contribution in [3.05, 3.63) is 15.6 Å². The van der Waals surface area contributed by atoms with Crippen LogP contribution in [0.25, 0.3) is 0 Å². The van der Waals surface area contributed by atoms with Crippen LogP contribution in [0, 0.1) is 0 Å². The van der Waals surface area contributed by atoms with Gasteiger partial charge in [0, 0.05) is 35.9 Å². The van der Waals surface area contributed by atoms with Gasteiger partial charge in [-0.2, -0.15) is 0 Å². The van der Waals surface area contributed by atoms with Gasteiger partial charge in [-0.25, -0.2) is 4.98 Å². The van der Waals surface area contributed by atoms with Crippen LogP contribution in [0.4, 0.5) is 0 Å². The van der Waals surface area contributed by atoms with Gasteiger partial charge in [0.05, 0.1) is 16.8 Å². The molecule has 2 fully saturated rings. The molecular weight excluding hydrogens is 280 g/mol. The summed E-state index contributed by atoms with van der Waals surface area (Å²) in [5.74, 6) is 0. The lowest BCUT2D eigenvalue weighted by molar-refractivity contribution is 0.0167. The summed E-state index contributed by atoms with van der Waals surface area (Å²) in [5, 5.41) is 4.90. The van der Waals surface area contributed by atoms with E-state index in [1.807, 2.05) is 11.3 Å². The Labute approximate surface area is 132 Å². The highest BCUT2D eigenvalue weighted by molar-refractivity contribution is 7.11. The Bertz CT molecular complexity index is 468. The van der Waals surface area contributed by atoms with Gasteiger partial charge in [0.15, 0.2) is 0 Å². The summed E-state index contributed by atoms with van der Waals surface area (Å²) in [4.78, 5) is 6.40. The predicted molar refractivity (Wildman–Crippen MR) is 88.0 cm³/mol. The zero-order valence-corrected chi connectivity index (χ0v) is 14.4. The molecule has 3 nitrogen and oxygen atoms in total. The number of rotatable bonds is 5. The van der Waals surface area contributed by atoms with E-state index < -0.39 is 0 Å².